The summed E-state index contributed by atoms with van der Waals surface area (Å²) in [6, 6.07) is 10.5. The van der Waals surface area contributed by atoms with E-state index in [1.54, 1.807) is 18.2 Å². The van der Waals surface area contributed by atoms with Crippen LogP contribution >= 0.6 is 0 Å². The van der Waals surface area contributed by atoms with Crippen LogP contribution in [0.4, 0.5) is 11.6 Å². The van der Waals surface area contributed by atoms with E-state index in [-0.39, 0.29) is 17.0 Å². The number of fused-ring (bicyclic) bond motifs is 2. The Bertz CT molecular complexity index is 1260. The van der Waals surface area contributed by atoms with E-state index in [4.69, 9.17) is 4.42 Å². The second kappa shape index (κ2) is 8.01. The highest BCUT2D eigenvalue weighted by Crippen LogP contribution is 2.37. The molecule has 6 heteroatoms. The Balaban J connectivity index is 1.61. The van der Waals surface area contributed by atoms with Gasteiger partial charge < -0.3 is 19.7 Å². The number of rotatable bonds is 6. The predicted molar refractivity (Wildman–Crippen MR) is 126 cm³/mol. The minimum absolute atomic E-state index is 0.0600. The summed E-state index contributed by atoms with van der Waals surface area (Å²) < 4.78 is 6.50. The molecule has 1 aliphatic heterocycles. The number of hydrogen-bond donors (Lipinski definition) is 2. The molecular weight excluding hydrogens is 404 g/mol. The van der Waals surface area contributed by atoms with E-state index in [1.807, 2.05) is 32.0 Å². The van der Waals surface area contributed by atoms with Crippen molar-refractivity contribution in [1.82, 2.24) is 0 Å². The number of hydrogen-bond acceptors (Lipinski definition) is 5. The lowest BCUT2D eigenvalue weighted by atomic mass is 9.97. The first-order chi connectivity index (χ1) is 15.4. The average Bonchev–Trinajstić information content (AvgIpc) is 3.59. The highest BCUT2D eigenvalue weighted by Gasteiger charge is 2.30. The molecule has 0 saturated heterocycles. The molecule has 2 aliphatic rings. The van der Waals surface area contributed by atoms with E-state index in [1.165, 1.54) is 12.8 Å². The van der Waals surface area contributed by atoms with Gasteiger partial charge in [-0.05, 0) is 69.2 Å². The largest absolute Gasteiger partial charge is 0.478 e. The van der Waals surface area contributed by atoms with Gasteiger partial charge in [-0.1, -0.05) is 18.2 Å². The van der Waals surface area contributed by atoms with Crippen LogP contribution in [0.2, 0.25) is 0 Å². The quantitative estimate of drug-likeness (QED) is 0.562. The summed E-state index contributed by atoms with van der Waals surface area (Å²) in [5.74, 6) is 0.446. The van der Waals surface area contributed by atoms with Crippen molar-refractivity contribution in [2.45, 2.75) is 45.6 Å². The summed E-state index contributed by atoms with van der Waals surface area (Å²) in [5, 5.41) is 13.5. The molecule has 1 fully saturated rings. The van der Waals surface area contributed by atoms with Gasteiger partial charge in [-0.15, -0.1) is 0 Å². The zero-order chi connectivity index (χ0) is 22.4. The topological polar surface area (TPSA) is 82.8 Å². The van der Waals surface area contributed by atoms with Crippen molar-refractivity contribution >= 4 is 28.5 Å². The maximum Gasteiger partial charge on any atom is 0.337 e. The van der Waals surface area contributed by atoms with Crippen LogP contribution in [0, 0.1) is 12.8 Å². The second-order valence-electron chi connectivity index (χ2n) is 9.16. The van der Waals surface area contributed by atoms with Gasteiger partial charge in [0, 0.05) is 24.3 Å². The fourth-order valence-electron chi connectivity index (χ4n) is 4.74. The first kappa shape index (κ1) is 20.6. The van der Waals surface area contributed by atoms with Gasteiger partial charge in [0.05, 0.1) is 22.6 Å². The maximum absolute atomic E-state index is 13.5. The van der Waals surface area contributed by atoms with Crippen LogP contribution in [0.1, 0.15) is 59.3 Å². The number of benzene rings is 2. The third kappa shape index (κ3) is 3.74. The maximum atomic E-state index is 13.5. The van der Waals surface area contributed by atoms with Gasteiger partial charge in [0.2, 0.25) is 5.88 Å². The molecule has 3 aromatic rings. The number of nitrogens with one attached hydrogen (secondary N) is 1. The Labute approximate surface area is 186 Å². The third-order valence-electron chi connectivity index (χ3n) is 6.55. The van der Waals surface area contributed by atoms with E-state index < -0.39 is 5.97 Å². The minimum Gasteiger partial charge on any atom is -0.478 e. The van der Waals surface area contributed by atoms with Gasteiger partial charge >= 0.3 is 5.97 Å². The van der Waals surface area contributed by atoms with E-state index in [2.05, 4.69) is 10.2 Å². The fraction of sp³-hybridized carbons (Fsp3) is 0.385. The lowest BCUT2D eigenvalue weighted by Crippen LogP contribution is -2.34. The molecule has 0 radical (unpaired) electrons. The number of para-hydroxylation sites is 1. The van der Waals surface area contributed by atoms with E-state index >= 15 is 0 Å². The van der Waals surface area contributed by atoms with Gasteiger partial charge in [-0.3, -0.25) is 4.79 Å². The molecule has 1 atom stereocenters. The molecule has 1 aliphatic carbocycles. The lowest BCUT2D eigenvalue weighted by molar-refractivity contribution is 0.0698. The van der Waals surface area contributed by atoms with Crippen LogP contribution in [-0.2, 0) is 6.42 Å². The molecule has 1 aromatic heterocycles. The first-order valence-electron chi connectivity index (χ1n) is 11.4. The second-order valence-corrected chi connectivity index (χ2v) is 9.16. The van der Waals surface area contributed by atoms with Crippen molar-refractivity contribution < 1.29 is 14.3 Å². The van der Waals surface area contributed by atoms with Crippen LogP contribution in [0.25, 0.3) is 11.0 Å². The van der Waals surface area contributed by atoms with Crippen LogP contribution < -0.4 is 15.6 Å². The average molecular weight is 433 g/mol. The normalized spacial score (nSPS) is 16.6. The highest BCUT2D eigenvalue weighted by molar-refractivity contribution is 5.94. The lowest BCUT2D eigenvalue weighted by Gasteiger charge is -2.30. The van der Waals surface area contributed by atoms with Gasteiger partial charge in [-0.25, -0.2) is 4.79 Å². The van der Waals surface area contributed by atoms with Crippen molar-refractivity contribution in [3.63, 3.8) is 0 Å². The number of aromatic carboxylic acids is 1. The summed E-state index contributed by atoms with van der Waals surface area (Å²) in [4.78, 5) is 27.3. The molecule has 0 amide bonds. The van der Waals surface area contributed by atoms with Crippen LogP contribution in [0.15, 0.2) is 45.6 Å². The molecule has 0 spiro atoms. The molecular formula is C26H28N2O4. The Morgan fingerprint density at radius 3 is 2.81 bits per heavy atom. The van der Waals surface area contributed by atoms with E-state index in [0.717, 1.165) is 48.5 Å². The van der Waals surface area contributed by atoms with Crippen molar-refractivity contribution in [3.8, 4) is 0 Å². The smallest absolute Gasteiger partial charge is 0.337 e. The van der Waals surface area contributed by atoms with Crippen molar-refractivity contribution in [2.75, 3.05) is 23.3 Å². The molecule has 166 valence electrons. The number of carboxylic acid groups (broad SMARTS) is 1. The molecule has 5 rings (SSSR count). The van der Waals surface area contributed by atoms with Crippen LogP contribution in [0.5, 0.6) is 0 Å². The van der Waals surface area contributed by atoms with Crippen LogP contribution in [0.3, 0.4) is 0 Å². The summed E-state index contributed by atoms with van der Waals surface area (Å²) in [7, 11) is 0. The first-order valence-corrected chi connectivity index (χ1v) is 11.4. The molecule has 1 saturated carbocycles. The van der Waals surface area contributed by atoms with E-state index in [9.17, 15) is 14.7 Å². The number of anilines is 2. The molecule has 2 N–H and O–H groups in total. The Kier molecular flexibility index (Phi) is 5.16. The Morgan fingerprint density at radius 1 is 1.28 bits per heavy atom. The fourth-order valence-corrected chi connectivity index (χ4v) is 4.74. The summed E-state index contributed by atoms with van der Waals surface area (Å²) in [6.07, 6.45) is 4.21. The zero-order valence-electron chi connectivity index (χ0n) is 18.5. The number of carbonyl (C=O) groups is 1. The molecule has 32 heavy (non-hydrogen) atoms. The van der Waals surface area contributed by atoms with Crippen molar-refractivity contribution in [2.24, 2.45) is 5.92 Å². The summed E-state index contributed by atoms with van der Waals surface area (Å²) >= 11 is 0. The van der Waals surface area contributed by atoms with Gasteiger partial charge in [0.1, 0.15) is 5.58 Å². The number of carboxylic acids is 1. The molecule has 0 unspecified atom stereocenters. The monoisotopic (exact) mass is 432 g/mol. The van der Waals surface area contributed by atoms with Crippen LogP contribution in [-0.4, -0.2) is 24.2 Å². The predicted octanol–water partition coefficient (Wildman–Crippen LogP) is 5.14. The number of aryl methyl sites for hydroxylation is 1. The SMILES string of the molecule is Cc1cc([C@@H](C)Nc2ccccc2C(=O)O)c2oc3c(c(=O)c2c1)CCCN3CC1CC1. The van der Waals surface area contributed by atoms with Gasteiger partial charge in [-0.2, -0.15) is 0 Å². The standard InChI is InChI=1S/C26H28N2O4/c1-15-12-20(16(2)27-22-8-4-3-6-18(22)26(30)31)24-21(13-15)23(29)19-7-5-11-28(25(19)32-24)14-17-9-10-17/h3-4,6,8,12-13,16-17,27H,5,7,9-11,14H2,1-2H3,(H,30,31)/t16-/m1/s1. The Hall–Kier alpha value is -3.28. The van der Waals surface area contributed by atoms with Crippen molar-refractivity contribution in [3.05, 3.63) is 68.9 Å². The Morgan fingerprint density at radius 2 is 2.06 bits per heavy atom. The molecule has 6 nitrogen and oxygen atoms in total. The molecule has 0 bridgehead atoms. The summed E-state index contributed by atoms with van der Waals surface area (Å²) in [5.41, 5.74) is 4.03. The summed E-state index contributed by atoms with van der Waals surface area (Å²) in [6.45, 7) is 5.80. The molecule has 2 aromatic carbocycles. The zero-order valence-corrected chi connectivity index (χ0v) is 18.5. The number of nitrogens with zero attached hydrogens (tertiary/aromatic N) is 1. The van der Waals surface area contributed by atoms with Gasteiger partial charge in [0.15, 0.2) is 5.43 Å². The van der Waals surface area contributed by atoms with Gasteiger partial charge in [0.25, 0.3) is 0 Å². The third-order valence-corrected chi connectivity index (χ3v) is 6.55. The van der Waals surface area contributed by atoms with Crippen molar-refractivity contribution in [1.29, 1.82) is 0 Å². The minimum atomic E-state index is -0.981. The van der Waals surface area contributed by atoms with E-state index in [0.29, 0.717) is 22.6 Å². The molecule has 2 heterocycles. The highest BCUT2D eigenvalue weighted by atomic mass is 16.4.